The molecule has 0 aromatic carbocycles. The molecule has 0 saturated carbocycles. The number of rotatable bonds is 8. The average Bonchev–Trinajstić information content (AvgIpc) is 2.89. The predicted octanol–water partition coefficient (Wildman–Crippen LogP) is 1.54. The first-order valence-electron chi connectivity index (χ1n) is 7.49. The summed E-state index contributed by atoms with van der Waals surface area (Å²) in [5.41, 5.74) is 0. The van der Waals surface area contributed by atoms with Crippen molar-refractivity contribution >= 4 is 29.9 Å². The van der Waals surface area contributed by atoms with Crippen molar-refractivity contribution in [3.8, 4) is 0 Å². The van der Waals surface area contributed by atoms with Crippen LogP contribution in [0.15, 0.2) is 4.99 Å². The molecule has 0 amide bonds. The van der Waals surface area contributed by atoms with Crippen LogP contribution in [0.1, 0.15) is 26.7 Å². The zero-order valence-electron chi connectivity index (χ0n) is 13.2. The highest BCUT2D eigenvalue weighted by Crippen LogP contribution is 2.10. The molecule has 2 N–H and O–H groups in total. The van der Waals surface area contributed by atoms with E-state index >= 15 is 0 Å². The van der Waals surface area contributed by atoms with Gasteiger partial charge in [0.05, 0.1) is 6.61 Å². The monoisotopic (exact) mass is 398 g/mol. The zero-order chi connectivity index (χ0) is 13.9. The molecule has 1 unspecified atom stereocenters. The molecule has 0 aromatic rings. The highest BCUT2D eigenvalue weighted by molar-refractivity contribution is 14.0. The van der Waals surface area contributed by atoms with Crippen LogP contribution < -0.4 is 10.6 Å². The standard InChI is InChI=1S/C14H30N4O.HI/c1-4-15-14(16-7-10-19-3)17-11-13(2)12-18-8-5-6-9-18;/h13H,4-12H2,1-3H3,(H2,15,16,17);1H. The lowest BCUT2D eigenvalue weighted by Crippen LogP contribution is -2.39. The number of methoxy groups -OCH3 is 1. The van der Waals surface area contributed by atoms with Crippen molar-refractivity contribution in [2.24, 2.45) is 10.9 Å². The molecule has 0 aliphatic carbocycles. The number of guanidine groups is 1. The maximum Gasteiger partial charge on any atom is 0.191 e. The van der Waals surface area contributed by atoms with Gasteiger partial charge in [-0.2, -0.15) is 0 Å². The zero-order valence-corrected chi connectivity index (χ0v) is 15.5. The lowest BCUT2D eigenvalue weighted by molar-refractivity contribution is 0.203. The van der Waals surface area contributed by atoms with Gasteiger partial charge in [0.2, 0.25) is 0 Å². The summed E-state index contributed by atoms with van der Waals surface area (Å²) in [5, 5.41) is 6.53. The normalized spacial score (nSPS) is 17.6. The maximum atomic E-state index is 5.03. The fraction of sp³-hybridized carbons (Fsp3) is 0.929. The Morgan fingerprint density at radius 2 is 2.00 bits per heavy atom. The number of halogens is 1. The second-order valence-electron chi connectivity index (χ2n) is 5.25. The van der Waals surface area contributed by atoms with E-state index < -0.39 is 0 Å². The number of hydrogen-bond donors (Lipinski definition) is 2. The van der Waals surface area contributed by atoms with Crippen LogP contribution in [-0.2, 0) is 4.74 Å². The fourth-order valence-corrected chi connectivity index (χ4v) is 2.32. The number of ether oxygens (including phenoxy) is 1. The van der Waals surface area contributed by atoms with Gasteiger partial charge < -0.3 is 20.3 Å². The third kappa shape index (κ3) is 8.97. The number of nitrogens with zero attached hydrogens (tertiary/aromatic N) is 2. The van der Waals surface area contributed by atoms with Crippen LogP contribution in [0.4, 0.5) is 0 Å². The number of nitrogens with one attached hydrogen (secondary N) is 2. The van der Waals surface area contributed by atoms with Crippen LogP contribution in [0, 0.1) is 5.92 Å². The Balaban J connectivity index is 0.00000361. The van der Waals surface area contributed by atoms with Crippen LogP contribution in [-0.4, -0.2) is 63.8 Å². The van der Waals surface area contributed by atoms with E-state index in [1.807, 2.05) is 0 Å². The molecule has 6 heteroatoms. The summed E-state index contributed by atoms with van der Waals surface area (Å²) >= 11 is 0. The molecule has 0 bridgehead atoms. The summed E-state index contributed by atoms with van der Waals surface area (Å²) in [6.45, 7) is 11.3. The van der Waals surface area contributed by atoms with Gasteiger partial charge in [0.15, 0.2) is 5.96 Å². The van der Waals surface area contributed by atoms with Gasteiger partial charge in [0.25, 0.3) is 0 Å². The summed E-state index contributed by atoms with van der Waals surface area (Å²) < 4.78 is 5.03. The first-order valence-corrected chi connectivity index (χ1v) is 7.49. The Morgan fingerprint density at radius 3 is 2.60 bits per heavy atom. The molecular formula is C14H31IN4O. The van der Waals surface area contributed by atoms with E-state index in [1.165, 1.54) is 32.5 Å². The second kappa shape index (κ2) is 12.6. The van der Waals surface area contributed by atoms with Crippen molar-refractivity contribution in [2.75, 3.05) is 53.0 Å². The van der Waals surface area contributed by atoms with Gasteiger partial charge in [-0.1, -0.05) is 6.92 Å². The van der Waals surface area contributed by atoms with Gasteiger partial charge in [-0.25, -0.2) is 0 Å². The van der Waals surface area contributed by atoms with Gasteiger partial charge in [0.1, 0.15) is 0 Å². The van der Waals surface area contributed by atoms with Crippen molar-refractivity contribution < 1.29 is 4.74 Å². The minimum Gasteiger partial charge on any atom is -0.383 e. The van der Waals surface area contributed by atoms with Crippen LogP contribution in [0.3, 0.4) is 0 Å². The van der Waals surface area contributed by atoms with E-state index in [-0.39, 0.29) is 24.0 Å². The third-order valence-corrected chi connectivity index (χ3v) is 3.27. The Hall–Kier alpha value is -0.0800. The van der Waals surface area contributed by atoms with Gasteiger partial charge in [-0.3, -0.25) is 4.99 Å². The molecule has 1 aliphatic heterocycles. The molecule has 5 nitrogen and oxygen atoms in total. The maximum absolute atomic E-state index is 5.03. The molecular weight excluding hydrogens is 367 g/mol. The molecule has 1 rings (SSSR count). The van der Waals surface area contributed by atoms with Crippen molar-refractivity contribution in [2.45, 2.75) is 26.7 Å². The lowest BCUT2D eigenvalue weighted by Gasteiger charge is -2.19. The predicted molar refractivity (Wildman–Crippen MR) is 96.1 cm³/mol. The van der Waals surface area contributed by atoms with Crippen LogP contribution in [0.5, 0.6) is 0 Å². The van der Waals surface area contributed by atoms with Crippen molar-refractivity contribution in [1.82, 2.24) is 15.5 Å². The summed E-state index contributed by atoms with van der Waals surface area (Å²) in [4.78, 5) is 7.19. The van der Waals surface area contributed by atoms with Gasteiger partial charge >= 0.3 is 0 Å². The van der Waals surface area contributed by atoms with E-state index in [0.717, 1.165) is 25.6 Å². The highest BCUT2D eigenvalue weighted by Gasteiger charge is 2.14. The number of likely N-dealkylation sites (tertiary alicyclic amines) is 1. The van der Waals surface area contributed by atoms with Gasteiger partial charge in [-0.15, -0.1) is 24.0 Å². The van der Waals surface area contributed by atoms with Crippen molar-refractivity contribution in [3.63, 3.8) is 0 Å². The van der Waals surface area contributed by atoms with Crippen LogP contribution in [0.2, 0.25) is 0 Å². The van der Waals surface area contributed by atoms with Crippen molar-refractivity contribution in [3.05, 3.63) is 0 Å². The number of aliphatic imine (C=N–C) groups is 1. The largest absolute Gasteiger partial charge is 0.383 e. The fourth-order valence-electron chi connectivity index (χ4n) is 2.32. The van der Waals surface area contributed by atoms with Crippen LogP contribution >= 0.6 is 24.0 Å². The summed E-state index contributed by atoms with van der Waals surface area (Å²) in [5.74, 6) is 1.50. The second-order valence-corrected chi connectivity index (χ2v) is 5.25. The quantitative estimate of drug-likeness (QED) is 0.282. The SMILES string of the molecule is CCNC(=NCC(C)CN1CCCC1)NCCOC.I. The van der Waals surface area contributed by atoms with Gasteiger partial charge in [-0.05, 0) is 38.8 Å². The Kier molecular flexibility index (Phi) is 12.6. The molecule has 120 valence electrons. The number of hydrogen-bond acceptors (Lipinski definition) is 3. The Morgan fingerprint density at radius 1 is 1.30 bits per heavy atom. The smallest absolute Gasteiger partial charge is 0.191 e. The Labute approximate surface area is 140 Å². The Bertz CT molecular complexity index is 258. The third-order valence-electron chi connectivity index (χ3n) is 3.27. The van der Waals surface area contributed by atoms with E-state index in [9.17, 15) is 0 Å². The molecule has 0 radical (unpaired) electrons. The first kappa shape index (κ1) is 19.9. The van der Waals surface area contributed by atoms with E-state index in [4.69, 9.17) is 4.74 Å². The first-order chi connectivity index (χ1) is 9.26. The molecule has 1 heterocycles. The topological polar surface area (TPSA) is 48.9 Å². The molecule has 1 fully saturated rings. The van der Waals surface area contributed by atoms with E-state index in [1.54, 1.807) is 7.11 Å². The summed E-state index contributed by atoms with van der Waals surface area (Å²) in [7, 11) is 1.71. The lowest BCUT2D eigenvalue weighted by atomic mass is 10.2. The molecule has 1 atom stereocenters. The van der Waals surface area contributed by atoms with E-state index in [0.29, 0.717) is 12.5 Å². The van der Waals surface area contributed by atoms with Crippen molar-refractivity contribution in [1.29, 1.82) is 0 Å². The molecule has 20 heavy (non-hydrogen) atoms. The molecule has 0 spiro atoms. The van der Waals surface area contributed by atoms with Crippen LogP contribution in [0.25, 0.3) is 0 Å². The minimum absolute atomic E-state index is 0. The summed E-state index contributed by atoms with van der Waals surface area (Å²) in [6.07, 6.45) is 2.72. The molecule has 1 saturated heterocycles. The van der Waals surface area contributed by atoms with Gasteiger partial charge in [0, 0.05) is 33.3 Å². The minimum atomic E-state index is 0. The highest BCUT2D eigenvalue weighted by atomic mass is 127. The van der Waals surface area contributed by atoms with E-state index in [2.05, 4.69) is 34.4 Å². The average molecular weight is 398 g/mol. The summed E-state index contributed by atoms with van der Waals surface area (Å²) in [6, 6.07) is 0. The molecule has 0 aromatic heterocycles. The molecule has 1 aliphatic rings.